The zero-order valence-corrected chi connectivity index (χ0v) is 13.8. The van der Waals surface area contributed by atoms with Crippen molar-refractivity contribution in [3.8, 4) is 17.0 Å². The first-order chi connectivity index (χ1) is 11.4. The molecule has 2 amide bonds. The molecular formula is C18H15ClFNO3. The molecule has 0 saturated carbocycles. The summed E-state index contributed by atoms with van der Waals surface area (Å²) in [7, 11) is 0. The minimum atomic E-state index is -2.27. The Labute approximate surface area is 144 Å². The van der Waals surface area contributed by atoms with Crippen LogP contribution in [0.25, 0.3) is 0 Å². The van der Waals surface area contributed by atoms with Crippen LogP contribution >= 0.6 is 11.6 Å². The highest BCUT2D eigenvalue weighted by Crippen LogP contribution is 2.36. The number of nitrogens with zero attached hydrogens (tertiary/aromatic N) is 1. The monoisotopic (exact) mass is 347 g/mol. The van der Waals surface area contributed by atoms with E-state index in [1.165, 1.54) is 12.1 Å². The quantitative estimate of drug-likeness (QED) is 0.618. The molecule has 0 radical (unpaired) electrons. The Bertz CT molecular complexity index is 776. The van der Waals surface area contributed by atoms with Crippen molar-refractivity contribution < 1.29 is 18.7 Å². The van der Waals surface area contributed by atoms with Crippen molar-refractivity contribution in [2.75, 3.05) is 4.90 Å². The zero-order chi connectivity index (χ0) is 17.3. The molecular weight excluding hydrogens is 333 g/mol. The first-order valence-corrected chi connectivity index (χ1v) is 8.02. The number of halogens is 2. The molecule has 1 atom stereocenters. The molecule has 0 fully saturated rings. The second-order valence-corrected chi connectivity index (χ2v) is 6.03. The lowest BCUT2D eigenvalue weighted by atomic mass is 9.93. The number of amides is 2. The zero-order valence-electron chi connectivity index (χ0n) is 13.1. The predicted octanol–water partition coefficient (Wildman–Crippen LogP) is 3.69. The van der Waals surface area contributed by atoms with E-state index in [9.17, 15) is 14.0 Å². The van der Waals surface area contributed by atoms with Gasteiger partial charge in [0.15, 0.2) is 0 Å². The van der Waals surface area contributed by atoms with Crippen LogP contribution in [0.5, 0.6) is 5.75 Å². The molecule has 0 aromatic heterocycles. The third-order valence-electron chi connectivity index (χ3n) is 4.05. The van der Waals surface area contributed by atoms with Crippen molar-refractivity contribution >= 4 is 29.1 Å². The number of benzene rings is 1. The maximum absolute atomic E-state index is 14.0. The smallest absolute Gasteiger partial charge is 0.310 e. The third-order valence-corrected chi connectivity index (χ3v) is 4.14. The van der Waals surface area contributed by atoms with Crippen molar-refractivity contribution in [1.82, 2.24) is 0 Å². The molecule has 1 aliphatic carbocycles. The molecule has 0 spiro atoms. The summed E-state index contributed by atoms with van der Waals surface area (Å²) < 4.78 is 19.2. The molecule has 2 aliphatic rings. The van der Waals surface area contributed by atoms with Gasteiger partial charge in [-0.25, -0.2) is 4.90 Å². The summed E-state index contributed by atoms with van der Waals surface area (Å²) in [4.78, 5) is 26.2. The largest absolute Gasteiger partial charge is 0.447 e. The van der Waals surface area contributed by atoms with Crippen LogP contribution in [0.15, 0.2) is 35.4 Å². The van der Waals surface area contributed by atoms with E-state index in [-0.39, 0.29) is 17.6 Å². The van der Waals surface area contributed by atoms with Crippen molar-refractivity contribution in [1.29, 1.82) is 0 Å². The number of carbonyl (C=O) groups is 2. The Kier molecular flexibility index (Phi) is 4.33. The van der Waals surface area contributed by atoms with Crippen LogP contribution in [0.3, 0.4) is 0 Å². The Morgan fingerprint density at radius 2 is 1.83 bits per heavy atom. The van der Waals surface area contributed by atoms with Crippen LogP contribution in [-0.2, 0) is 9.59 Å². The number of ether oxygens (including phenoxy) is 1. The third kappa shape index (κ3) is 3.02. The van der Waals surface area contributed by atoms with Gasteiger partial charge >= 0.3 is 5.85 Å². The van der Waals surface area contributed by atoms with Crippen molar-refractivity contribution in [2.45, 2.75) is 38.5 Å². The van der Waals surface area contributed by atoms with Gasteiger partial charge in [-0.15, -0.1) is 0 Å². The molecule has 1 aliphatic heterocycles. The molecule has 4 nitrogen and oxygen atoms in total. The normalized spacial score (nSPS) is 19.5. The van der Waals surface area contributed by atoms with Crippen LogP contribution < -0.4 is 9.64 Å². The number of carbonyl (C=O) groups excluding carboxylic acids is 2. The van der Waals surface area contributed by atoms with E-state index >= 15 is 0 Å². The standard InChI is InChI=1S/C18H15ClFNO3/c1-18(20,9-10-19)24-13-6-4-5-12(11-13)21-16(22)14-7-2-3-8-15(14)17(21)23/h4-6,11H,2-3,7-8H2,1H3. The average molecular weight is 348 g/mol. The Morgan fingerprint density at radius 3 is 2.42 bits per heavy atom. The molecule has 0 saturated heterocycles. The van der Waals surface area contributed by atoms with Crippen LogP contribution in [0, 0.1) is 11.3 Å². The fraction of sp³-hybridized carbons (Fsp3) is 0.333. The number of hydrogen-bond donors (Lipinski definition) is 0. The van der Waals surface area contributed by atoms with Crippen LogP contribution in [0.1, 0.15) is 32.6 Å². The summed E-state index contributed by atoms with van der Waals surface area (Å²) in [6.45, 7) is 1.13. The minimum Gasteiger partial charge on any atom is -0.447 e. The van der Waals surface area contributed by atoms with E-state index in [0.717, 1.165) is 24.7 Å². The molecule has 0 N–H and O–H groups in total. The summed E-state index contributed by atoms with van der Waals surface area (Å²) in [6, 6.07) is 6.17. The van der Waals surface area contributed by atoms with Gasteiger partial charge in [-0.1, -0.05) is 6.07 Å². The maximum Gasteiger partial charge on any atom is 0.310 e. The van der Waals surface area contributed by atoms with Crippen molar-refractivity contribution in [2.24, 2.45) is 0 Å². The summed E-state index contributed by atoms with van der Waals surface area (Å²) in [5.41, 5.74) is 1.55. The lowest BCUT2D eigenvalue weighted by molar-refractivity contribution is -0.120. The van der Waals surface area contributed by atoms with E-state index in [1.807, 2.05) is 5.38 Å². The summed E-state index contributed by atoms with van der Waals surface area (Å²) >= 11 is 5.21. The maximum atomic E-state index is 14.0. The Morgan fingerprint density at radius 1 is 1.21 bits per heavy atom. The van der Waals surface area contributed by atoms with Gasteiger partial charge in [0, 0.05) is 29.5 Å². The second kappa shape index (κ2) is 6.29. The topological polar surface area (TPSA) is 46.6 Å². The number of imide groups is 1. The van der Waals surface area contributed by atoms with E-state index in [0.29, 0.717) is 29.7 Å². The van der Waals surface area contributed by atoms with Crippen LogP contribution in [0.4, 0.5) is 10.1 Å². The van der Waals surface area contributed by atoms with E-state index in [4.69, 9.17) is 16.3 Å². The lowest BCUT2D eigenvalue weighted by Crippen LogP contribution is -2.31. The second-order valence-electron chi connectivity index (χ2n) is 5.85. The van der Waals surface area contributed by atoms with Gasteiger partial charge in [-0.3, -0.25) is 9.59 Å². The highest BCUT2D eigenvalue weighted by Gasteiger charge is 2.39. The fourth-order valence-corrected chi connectivity index (χ4v) is 3.16. The predicted molar refractivity (Wildman–Crippen MR) is 88.2 cm³/mol. The number of anilines is 1. The van der Waals surface area contributed by atoms with Gasteiger partial charge in [-0.05, 0) is 55.3 Å². The van der Waals surface area contributed by atoms with Gasteiger partial charge in [0.05, 0.1) is 5.69 Å². The van der Waals surface area contributed by atoms with Gasteiger partial charge < -0.3 is 4.74 Å². The Balaban J connectivity index is 1.88. The summed E-state index contributed by atoms with van der Waals surface area (Å²) in [5, 5.41) is 1.94. The molecule has 6 heteroatoms. The summed E-state index contributed by atoms with van der Waals surface area (Å²) in [6.07, 6.45) is 3.07. The van der Waals surface area contributed by atoms with Crippen LogP contribution in [-0.4, -0.2) is 17.7 Å². The molecule has 1 unspecified atom stereocenters. The van der Waals surface area contributed by atoms with Crippen molar-refractivity contribution in [3.63, 3.8) is 0 Å². The summed E-state index contributed by atoms with van der Waals surface area (Å²) in [5.74, 6) is -0.615. The number of rotatable bonds is 3. The van der Waals surface area contributed by atoms with Gasteiger partial charge in [-0.2, -0.15) is 4.39 Å². The lowest BCUT2D eigenvalue weighted by Gasteiger charge is -2.19. The van der Waals surface area contributed by atoms with E-state index in [1.54, 1.807) is 12.1 Å². The van der Waals surface area contributed by atoms with Crippen molar-refractivity contribution in [3.05, 3.63) is 35.4 Å². The van der Waals surface area contributed by atoms with E-state index < -0.39 is 5.85 Å². The van der Waals surface area contributed by atoms with E-state index in [2.05, 4.69) is 5.92 Å². The molecule has 1 aromatic rings. The fourth-order valence-electron chi connectivity index (χ4n) is 2.99. The Hall–Kier alpha value is -2.32. The number of hydrogen-bond acceptors (Lipinski definition) is 3. The van der Waals surface area contributed by atoms with Gasteiger partial charge in [0.25, 0.3) is 11.8 Å². The minimum absolute atomic E-state index is 0.155. The molecule has 0 bridgehead atoms. The molecule has 24 heavy (non-hydrogen) atoms. The van der Waals surface area contributed by atoms with Crippen LogP contribution in [0.2, 0.25) is 0 Å². The SMILES string of the molecule is CC(F)(C#CCl)Oc1cccc(N2C(=O)C3=C(CCCC3)C2=O)c1. The molecule has 1 heterocycles. The molecule has 1 aromatic carbocycles. The first-order valence-electron chi connectivity index (χ1n) is 7.64. The molecule has 3 rings (SSSR count). The average Bonchev–Trinajstić information content (AvgIpc) is 2.79. The van der Waals surface area contributed by atoms with Gasteiger partial charge in [0.2, 0.25) is 0 Å². The first kappa shape index (κ1) is 16.5. The number of alkyl halides is 1. The highest BCUT2D eigenvalue weighted by molar-refractivity contribution is 6.33. The van der Waals surface area contributed by atoms with Gasteiger partial charge in [0.1, 0.15) is 5.75 Å². The molecule has 124 valence electrons. The highest BCUT2D eigenvalue weighted by atomic mass is 35.5.